The van der Waals surface area contributed by atoms with Gasteiger partial charge in [0.05, 0.1) is 7.11 Å². The van der Waals surface area contributed by atoms with E-state index in [2.05, 4.69) is 6.58 Å². The lowest BCUT2D eigenvalue weighted by molar-refractivity contribution is 0.0979. The van der Waals surface area contributed by atoms with Crippen molar-refractivity contribution >= 4 is 5.78 Å². The molecule has 0 amide bonds. The van der Waals surface area contributed by atoms with Crippen LogP contribution >= 0.6 is 0 Å². The number of carbonyl (C=O) groups excluding carboxylic acids is 1. The summed E-state index contributed by atoms with van der Waals surface area (Å²) < 4.78 is 4.91. The third-order valence-corrected chi connectivity index (χ3v) is 1.61. The molecule has 0 radical (unpaired) electrons. The maximum absolute atomic E-state index is 11.2. The van der Waals surface area contributed by atoms with E-state index in [0.717, 1.165) is 0 Å². The predicted octanol–water partition coefficient (Wildman–Crippen LogP) is 1.95. The van der Waals surface area contributed by atoms with Crippen LogP contribution in [0.1, 0.15) is 10.4 Å². The van der Waals surface area contributed by atoms with Crippen LogP contribution in [0.25, 0.3) is 0 Å². The lowest BCUT2D eigenvalue weighted by Gasteiger charge is -2.01. The molecule has 0 unspecified atom stereocenters. The minimum absolute atomic E-state index is 0.397. The fourth-order valence-electron chi connectivity index (χ4n) is 0.909. The molecule has 1 rings (SSSR count). The largest absolute Gasteiger partial charge is 0.505 e. The van der Waals surface area contributed by atoms with E-state index in [9.17, 15) is 4.79 Å². The standard InChI is InChI=1S/C10H10O3/c1-7(11)10(12)8-3-5-9(13-2)6-4-8/h3-6,11H,1H2,2H3. The second kappa shape index (κ2) is 3.76. The average molecular weight is 178 g/mol. The smallest absolute Gasteiger partial charge is 0.226 e. The summed E-state index contributed by atoms with van der Waals surface area (Å²) in [6, 6.07) is 6.44. The van der Waals surface area contributed by atoms with Crippen LogP contribution in [0.15, 0.2) is 36.6 Å². The van der Waals surface area contributed by atoms with Gasteiger partial charge >= 0.3 is 0 Å². The van der Waals surface area contributed by atoms with Gasteiger partial charge in [0.25, 0.3) is 0 Å². The molecule has 1 aromatic carbocycles. The van der Waals surface area contributed by atoms with Gasteiger partial charge in [-0.15, -0.1) is 0 Å². The summed E-state index contributed by atoms with van der Waals surface area (Å²) in [4.78, 5) is 11.2. The lowest BCUT2D eigenvalue weighted by Crippen LogP contribution is -2.00. The quantitative estimate of drug-likeness (QED) is 0.437. The highest BCUT2D eigenvalue weighted by Gasteiger charge is 2.07. The Balaban J connectivity index is 2.92. The Morgan fingerprint density at radius 3 is 2.31 bits per heavy atom. The Bertz CT molecular complexity index is 325. The van der Waals surface area contributed by atoms with E-state index in [1.165, 1.54) is 0 Å². The molecule has 68 valence electrons. The van der Waals surface area contributed by atoms with Gasteiger partial charge in [0.2, 0.25) is 5.78 Å². The minimum atomic E-state index is -0.470. The maximum atomic E-state index is 11.2. The number of hydrogen-bond acceptors (Lipinski definition) is 3. The van der Waals surface area contributed by atoms with Gasteiger partial charge in [0.15, 0.2) is 5.76 Å². The summed E-state index contributed by atoms with van der Waals surface area (Å²) in [5, 5.41) is 8.83. The molecular weight excluding hydrogens is 168 g/mol. The van der Waals surface area contributed by atoms with Gasteiger partial charge in [-0.2, -0.15) is 0 Å². The van der Waals surface area contributed by atoms with Crippen LogP contribution in [-0.2, 0) is 0 Å². The monoisotopic (exact) mass is 178 g/mol. The molecule has 0 saturated carbocycles. The normalized spacial score (nSPS) is 9.31. The third kappa shape index (κ3) is 2.08. The molecule has 0 saturated heterocycles. The Morgan fingerprint density at radius 1 is 1.38 bits per heavy atom. The van der Waals surface area contributed by atoms with Crippen LogP contribution in [-0.4, -0.2) is 18.0 Å². The molecule has 1 N–H and O–H groups in total. The molecular formula is C10H10O3. The fourth-order valence-corrected chi connectivity index (χ4v) is 0.909. The van der Waals surface area contributed by atoms with Crippen LogP contribution in [0.5, 0.6) is 5.75 Å². The number of rotatable bonds is 3. The molecule has 3 heteroatoms. The maximum Gasteiger partial charge on any atom is 0.226 e. The van der Waals surface area contributed by atoms with Crippen molar-refractivity contribution in [2.75, 3.05) is 7.11 Å². The van der Waals surface area contributed by atoms with E-state index in [-0.39, 0.29) is 0 Å². The summed E-state index contributed by atoms with van der Waals surface area (Å²) in [6.45, 7) is 3.15. The number of ether oxygens (including phenoxy) is 1. The van der Waals surface area contributed by atoms with Gasteiger partial charge < -0.3 is 9.84 Å². The molecule has 0 heterocycles. The molecule has 0 aliphatic heterocycles. The van der Waals surface area contributed by atoms with E-state index < -0.39 is 11.5 Å². The van der Waals surface area contributed by atoms with Crippen molar-refractivity contribution in [1.82, 2.24) is 0 Å². The zero-order chi connectivity index (χ0) is 9.84. The molecule has 0 aliphatic carbocycles. The summed E-state index contributed by atoms with van der Waals surface area (Å²) in [7, 11) is 1.54. The Morgan fingerprint density at radius 2 is 1.92 bits per heavy atom. The van der Waals surface area contributed by atoms with Gasteiger partial charge in [-0.3, -0.25) is 4.79 Å². The molecule has 13 heavy (non-hydrogen) atoms. The zero-order valence-electron chi connectivity index (χ0n) is 7.28. The number of aliphatic hydroxyl groups is 1. The molecule has 0 aliphatic rings. The highest BCUT2D eigenvalue weighted by atomic mass is 16.5. The first kappa shape index (κ1) is 9.32. The molecule has 1 aromatic rings. The molecule has 0 spiro atoms. The summed E-state index contributed by atoms with van der Waals surface area (Å²) in [6.07, 6.45) is 0. The van der Waals surface area contributed by atoms with E-state index >= 15 is 0 Å². The Kier molecular flexibility index (Phi) is 2.69. The number of benzene rings is 1. The minimum Gasteiger partial charge on any atom is -0.505 e. The summed E-state index contributed by atoms with van der Waals surface area (Å²) in [5.41, 5.74) is 0.397. The topological polar surface area (TPSA) is 46.5 Å². The van der Waals surface area contributed by atoms with Crippen LogP contribution in [0.2, 0.25) is 0 Å². The SMILES string of the molecule is C=C(O)C(=O)c1ccc(OC)cc1. The number of Topliss-reactive ketones (excluding diaryl/α,β-unsaturated/α-hetero) is 1. The van der Waals surface area contributed by atoms with Crippen molar-refractivity contribution in [3.63, 3.8) is 0 Å². The van der Waals surface area contributed by atoms with Crippen molar-refractivity contribution in [2.45, 2.75) is 0 Å². The van der Waals surface area contributed by atoms with Crippen LogP contribution < -0.4 is 4.74 Å². The van der Waals surface area contributed by atoms with Gasteiger partial charge in [-0.05, 0) is 24.3 Å². The third-order valence-electron chi connectivity index (χ3n) is 1.61. The summed E-state index contributed by atoms with van der Waals surface area (Å²) in [5.74, 6) is -0.257. The second-order valence-electron chi connectivity index (χ2n) is 2.50. The van der Waals surface area contributed by atoms with Crippen LogP contribution in [0, 0.1) is 0 Å². The number of allylic oxidation sites excluding steroid dienone is 1. The second-order valence-corrected chi connectivity index (χ2v) is 2.50. The van der Waals surface area contributed by atoms with Gasteiger partial charge in [0, 0.05) is 5.56 Å². The Hall–Kier alpha value is -1.77. The number of methoxy groups -OCH3 is 1. The van der Waals surface area contributed by atoms with Gasteiger partial charge in [-0.25, -0.2) is 0 Å². The van der Waals surface area contributed by atoms with Crippen LogP contribution in [0.3, 0.4) is 0 Å². The highest BCUT2D eigenvalue weighted by Crippen LogP contribution is 2.12. The van der Waals surface area contributed by atoms with E-state index in [4.69, 9.17) is 9.84 Å². The first-order chi connectivity index (χ1) is 6.15. The zero-order valence-corrected chi connectivity index (χ0v) is 7.28. The number of ketones is 1. The number of hydrogen-bond donors (Lipinski definition) is 1. The fraction of sp³-hybridized carbons (Fsp3) is 0.100. The van der Waals surface area contributed by atoms with Crippen LogP contribution in [0.4, 0.5) is 0 Å². The first-order valence-electron chi connectivity index (χ1n) is 3.72. The van der Waals surface area contributed by atoms with Crippen molar-refractivity contribution in [3.05, 3.63) is 42.2 Å². The predicted molar refractivity (Wildman–Crippen MR) is 49.1 cm³/mol. The van der Waals surface area contributed by atoms with Crippen molar-refractivity contribution in [1.29, 1.82) is 0 Å². The van der Waals surface area contributed by atoms with Crippen molar-refractivity contribution in [3.8, 4) is 5.75 Å². The van der Waals surface area contributed by atoms with Crippen molar-refractivity contribution < 1.29 is 14.6 Å². The van der Waals surface area contributed by atoms with E-state index in [1.54, 1.807) is 31.4 Å². The highest BCUT2D eigenvalue weighted by molar-refractivity contribution is 6.06. The molecule has 0 aromatic heterocycles. The van der Waals surface area contributed by atoms with Crippen molar-refractivity contribution in [2.24, 2.45) is 0 Å². The molecule has 0 bridgehead atoms. The van der Waals surface area contributed by atoms with Gasteiger partial charge in [0.1, 0.15) is 5.75 Å². The first-order valence-corrected chi connectivity index (χ1v) is 3.72. The lowest BCUT2D eigenvalue weighted by atomic mass is 10.1. The van der Waals surface area contributed by atoms with Gasteiger partial charge in [-0.1, -0.05) is 6.58 Å². The molecule has 0 atom stereocenters. The van der Waals surface area contributed by atoms with E-state index in [1.807, 2.05) is 0 Å². The average Bonchev–Trinajstić information content (AvgIpc) is 2.17. The number of carbonyl (C=O) groups is 1. The van der Waals surface area contributed by atoms with E-state index in [0.29, 0.717) is 11.3 Å². The Labute approximate surface area is 76.3 Å². The summed E-state index contributed by atoms with van der Waals surface area (Å²) >= 11 is 0. The number of aliphatic hydroxyl groups excluding tert-OH is 1. The molecule has 3 nitrogen and oxygen atoms in total. The molecule has 0 fully saturated rings.